The highest BCUT2D eigenvalue weighted by molar-refractivity contribution is 5.75. The lowest BCUT2D eigenvalue weighted by atomic mass is 10.2. The Morgan fingerprint density at radius 1 is 1.77 bits per heavy atom. The van der Waals surface area contributed by atoms with Crippen LogP contribution in [0.25, 0.3) is 0 Å². The fourth-order valence-corrected chi connectivity index (χ4v) is 0.954. The summed E-state index contributed by atoms with van der Waals surface area (Å²) in [6.45, 7) is 1.83. The first-order valence-electron chi connectivity index (χ1n) is 3.82. The number of hydrogen-bond acceptors (Lipinski definition) is 4. The third kappa shape index (κ3) is 1.86. The molecule has 0 aliphatic rings. The summed E-state index contributed by atoms with van der Waals surface area (Å²) < 4.78 is 5.96. The number of rotatable bonds is 2. The largest absolute Gasteiger partial charge is 0.467 e. The van der Waals surface area contributed by atoms with Crippen molar-refractivity contribution < 1.29 is 14.6 Å². The number of carbonyl (C=O) groups is 1. The van der Waals surface area contributed by atoms with Crippen LogP contribution in [0, 0.1) is 6.92 Å². The Kier molecular flexibility index (Phi) is 2.67. The summed E-state index contributed by atoms with van der Waals surface area (Å²) in [6.07, 6.45) is -1.29. The zero-order chi connectivity index (χ0) is 10.0. The molecule has 1 unspecified atom stereocenters. The van der Waals surface area contributed by atoms with Gasteiger partial charge in [0.2, 0.25) is 0 Å². The Morgan fingerprint density at radius 2 is 2.38 bits per heavy atom. The van der Waals surface area contributed by atoms with E-state index in [0.29, 0.717) is 5.69 Å². The van der Waals surface area contributed by atoms with Crippen LogP contribution < -0.4 is 0 Å². The number of hydrogen-bond donors (Lipinski definition) is 1. The molecule has 1 aromatic rings. The molecule has 0 amide bonds. The Bertz CT molecular complexity index is 300. The van der Waals surface area contributed by atoms with E-state index in [9.17, 15) is 9.90 Å². The lowest BCUT2D eigenvalue weighted by Gasteiger charge is -2.03. The third-order valence-electron chi connectivity index (χ3n) is 1.84. The molecule has 1 heterocycles. The van der Waals surface area contributed by atoms with Crippen LogP contribution in [-0.2, 0) is 16.6 Å². The van der Waals surface area contributed by atoms with E-state index in [4.69, 9.17) is 0 Å². The molecule has 0 saturated heterocycles. The smallest absolute Gasteiger partial charge is 0.341 e. The molecule has 1 atom stereocenters. The van der Waals surface area contributed by atoms with Gasteiger partial charge in [-0.3, -0.25) is 4.68 Å². The lowest BCUT2D eigenvalue weighted by Crippen LogP contribution is -2.14. The van der Waals surface area contributed by atoms with Crippen molar-refractivity contribution in [2.75, 3.05) is 7.11 Å². The predicted octanol–water partition coefficient (Wildman–Crippen LogP) is -0.0651. The van der Waals surface area contributed by atoms with Gasteiger partial charge in [0.05, 0.1) is 7.11 Å². The van der Waals surface area contributed by atoms with Gasteiger partial charge < -0.3 is 9.84 Å². The van der Waals surface area contributed by atoms with Crippen molar-refractivity contribution in [3.8, 4) is 0 Å². The van der Waals surface area contributed by atoms with Gasteiger partial charge in [0.25, 0.3) is 0 Å². The molecular weight excluding hydrogens is 172 g/mol. The molecule has 0 saturated carbocycles. The molecular formula is C8H12N2O3. The number of esters is 1. The average molecular weight is 184 g/mol. The molecule has 0 aliphatic carbocycles. The second kappa shape index (κ2) is 3.57. The van der Waals surface area contributed by atoms with Crippen LogP contribution in [-0.4, -0.2) is 28.0 Å². The van der Waals surface area contributed by atoms with E-state index in [-0.39, 0.29) is 0 Å². The summed E-state index contributed by atoms with van der Waals surface area (Å²) in [5.74, 6) is -0.696. The van der Waals surface area contributed by atoms with Gasteiger partial charge in [-0.25, -0.2) is 4.79 Å². The maximum Gasteiger partial charge on any atom is 0.341 e. The van der Waals surface area contributed by atoms with Crippen LogP contribution >= 0.6 is 0 Å². The Labute approximate surface area is 75.9 Å². The van der Waals surface area contributed by atoms with E-state index in [1.54, 1.807) is 17.8 Å². The summed E-state index contributed by atoms with van der Waals surface area (Å²) in [7, 11) is 2.96. The molecule has 0 aliphatic heterocycles. The number of carbonyl (C=O) groups excluding carboxylic acids is 1. The van der Waals surface area contributed by atoms with E-state index >= 15 is 0 Å². The Morgan fingerprint density at radius 3 is 2.77 bits per heavy atom. The topological polar surface area (TPSA) is 64.3 Å². The molecule has 0 aromatic carbocycles. The van der Waals surface area contributed by atoms with Gasteiger partial charge in [-0.15, -0.1) is 0 Å². The number of nitrogens with zero attached hydrogens (tertiary/aromatic N) is 2. The van der Waals surface area contributed by atoms with Gasteiger partial charge in [0.1, 0.15) is 5.69 Å². The molecule has 5 heteroatoms. The van der Waals surface area contributed by atoms with Gasteiger partial charge in [0, 0.05) is 12.7 Å². The highest BCUT2D eigenvalue weighted by Gasteiger charge is 2.20. The molecule has 5 nitrogen and oxygen atoms in total. The first-order chi connectivity index (χ1) is 6.06. The number of aromatic nitrogens is 2. The normalized spacial score (nSPS) is 12.6. The van der Waals surface area contributed by atoms with Gasteiger partial charge in [-0.05, 0) is 13.0 Å². The zero-order valence-electron chi connectivity index (χ0n) is 7.81. The number of methoxy groups -OCH3 is 1. The summed E-state index contributed by atoms with van der Waals surface area (Å²) in [5, 5.41) is 13.3. The fraction of sp³-hybridized carbons (Fsp3) is 0.500. The molecule has 13 heavy (non-hydrogen) atoms. The van der Waals surface area contributed by atoms with E-state index in [0.717, 1.165) is 5.69 Å². The number of ether oxygens (including phenoxy) is 1. The SMILES string of the molecule is COC(=O)C(O)c1cc(C)n(C)n1. The minimum atomic E-state index is -1.29. The van der Waals surface area contributed by atoms with E-state index < -0.39 is 12.1 Å². The van der Waals surface area contributed by atoms with Crippen LogP contribution in [0.1, 0.15) is 17.5 Å². The van der Waals surface area contributed by atoms with Crippen molar-refractivity contribution >= 4 is 5.97 Å². The van der Waals surface area contributed by atoms with E-state index in [2.05, 4.69) is 9.84 Å². The number of aliphatic hydroxyl groups excluding tert-OH is 1. The van der Waals surface area contributed by atoms with Crippen molar-refractivity contribution in [1.82, 2.24) is 9.78 Å². The van der Waals surface area contributed by atoms with Gasteiger partial charge in [-0.2, -0.15) is 5.10 Å². The second-order valence-electron chi connectivity index (χ2n) is 2.76. The maximum atomic E-state index is 10.9. The van der Waals surface area contributed by atoms with Crippen LogP contribution in [0.4, 0.5) is 0 Å². The van der Waals surface area contributed by atoms with E-state index in [1.807, 2.05) is 6.92 Å². The molecule has 0 bridgehead atoms. The monoisotopic (exact) mass is 184 g/mol. The Balaban J connectivity index is 2.89. The fourth-order valence-electron chi connectivity index (χ4n) is 0.954. The predicted molar refractivity (Wildman–Crippen MR) is 44.9 cm³/mol. The minimum Gasteiger partial charge on any atom is -0.467 e. The van der Waals surface area contributed by atoms with Gasteiger partial charge in [0.15, 0.2) is 6.10 Å². The minimum absolute atomic E-state index is 0.312. The molecule has 1 N–H and O–H groups in total. The van der Waals surface area contributed by atoms with Crippen molar-refractivity contribution in [1.29, 1.82) is 0 Å². The van der Waals surface area contributed by atoms with Crippen molar-refractivity contribution in [3.63, 3.8) is 0 Å². The van der Waals surface area contributed by atoms with Crippen molar-refractivity contribution in [3.05, 3.63) is 17.5 Å². The highest BCUT2D eigenvalue weighted by atomic mass is 16.5. The van der Waals surface area contributed by atoms with Crippen molar-refractivity contribution in [2.45, 2.75) is 13.0 Å². The standard InChI is InChI=1S/C8H12N2O3/c1-5-4-6(9-10(5)2)7(11)8(12)13-3/h4,7,11H,1-3H3. The summed E-state index contributed by atoms with van der Waals surface area (Å²) in [6, 6.07) is 1.64. The average Bonchev–Trinajstić information content (AvgIpc) is 2.44. The van der Waals surface area contributed by atoms with Crippen LogP contribution in [0.15, 0.2) is 6.07 Å². The molecule has 0 fully saturated rings. The first-order valence-corrected chi connectivity index (χ1v) is 3.82. The molecule has 1 rings (SSSR count). The first kappa shape index (κ1) is 9.73. The molecule has 72 valence electrons. The quantitative estimate of drug-likeness (QED) is 0.654. The summed E-state index contributed by atoms with van der Waals surface area (Å²) in [4.78, 5) is 10.9. The van der Waals surface area contributed by atoms with Crippen molar-refractivity contribution in [2.24, 2.45) is 7.05 Å². The van der Waals surface area contributed by atoms with Crippen LogP contribution in [0.3, 0.4) is 0 Å². The zero-order valence-corrected chi connectivity index (χ0v) is 7.81. The van der Waals surface area contributed by atoms with Crippen LogP contribution in [0.2, 0.25) is 0 Å². The van der Waals surface area contributed by atoms with Gasteiger partial charge >= 0.3 is 5.97 Å². The maximum absolute atomic E-state index is 10.9. The van der Waals surface area contributed by atoms with Crippen LogP contribution in [0.5, 0.6) is 0 Å². The summed E-state index contributed by atoms with van der Waals surface area (Å²) >= 11 is 0. The third-order valence-corrected chi connectivity index (χ3v) is 1.84. The lowest BCUT2D eigenvalue weighted by molar-refractivity contribution is -0.150. The van der Waals surface area contributed by atoms with Gasteiger partial charge in [-0.1, -0.05) is 0 Å². The number of aliphatic hydroxyl groups is 1. The highest BCUT2D eigenvalue weighted by Crippen LogP contribution is 2.13. The Hall–Kier alpha value is -1.36. The molecule has 0 radical (unpaired) electrons. The summed E-state index contributed by atoms with van der Waals surface area (Å²) in [5.41, 5.74) is 1.19. The molecule has 0 spiro atoms. The molecule has 1 aromatic heterocycles. The second-order valence-corrected chi connectivity index (χ2v) is 2.76. The number of aryl methyl sites for hydroxylation is 2. The van der Waals surface area contributed by atoms with E-state index in [1.165, 1.54) is 7.11 Å².